The molecule has 0 saturated heterocycles. The Balaban J connectivity index is 2.88. The lowest BCUT2D eigenvalue weighted by Gasteiger charge is -1.90. The molecule has 2 aromatic heterocycles. The highest BCUT2D eigenvalue weighted by Crippen LogP contribution is 2.23. The van der Waals surface area contributed by atoms with Gasteiger partial charge in [0.25, 0.3) is 6.01 Å². The van der Waals surface area contributed by atoms with Crippen LogP contribution in [0.4, 0.5) is 6.01 Å². The van der Waals surface area contributed by atoms with Crippen LogP contribution < -0.4 is 5.73 Å². The molecule has 2 heterocycles. The van der Waals surface area contributed by atoms with Gasteiger partial charge in [-0.05, 0) is 0 Å². The van der Waals surface area contributed by atoms with Crippen LogP contribution in [0.2, 0.25) is 0 Å². The van der Waals surface area contributed by atoms with Crippen LogP contribution in [0.15, 0.2) is 10.5 Å². The van der Waals surface area contributed by atoms with E-state index >= 15 is 0 Å². The van der Waals surface area contributed by atoms with Gasteiger partial charge in [0.1, 0.15) is 0 Å². The van der Waals surface area contributed by atoms with Gasteiger partial charge < -0.3 is 15.3 Å². The van der Waals surface area contributed by atoms with Crippen molar-refractivity contribution < 1.29 is 9.52 Å². The molecule has 0 saturated carbocycles. The number of hydrogen-bond acceptors (Lipinski definition) is 4. The average Bonchev–Trinajstić information content (AvgIpc) is 2.37. The third-order valence-electron chi connectivity index (χ3n) is 1.57. The van der Waals surface area contributed by atoms with E-state index in [4.69, 9.17) is 15.3 Å². The van der Waals surface area contributed by atoms with Crippen LogP contribution in [0.5, 0.6) is 5.88 Å². The number of fused-ring (bicyclic) bond motifs is 1. The number of rotatable bonds is 0. The van der Waals surface area contributed by atoms with Crippen LogP contribution in [-0.4, -0.2) is 14.7 Å². The zero-order chi connectivity index (χ0) is 8.01. The molecule has 0 aliphatic carbocycles. The summed E-state index contributed by atoms with van der Waals surface area (Å²) in [5, 5.41) is 9.15. The summed E-state index contributed by atoms with van der Waals surface area (Å²) in [5.41, 5.74) is 6.34. The summed E-state index contributed by atoms with van der Waals surface area (Å²) < 4.78 is 6.45. The predicted octanol–water partition coefficient (Wildman–Crippen LogP) is 0.454. The minimum absolute atomic E-state index is 0.116. The topological polar surface area (TPSA) is 77.2 Å². The molecule has 2 aromatic rings. The first-order valence-corrected chi connectivity index (χ1v) is 3.09. The second kappa shape index (κ2) is 1.69. The van der Waals surface area contributed by atoms with Gasteiger partial charge >= 0.3 is 0 Å². The van der Waals surface area contributed by atoms with Gasteiger partial charge in [-0.1, -0.05) is 0 Å². The molecule has 0 aromatic carbocycles. The molecule has 0 spiro atoms. The summed E-state index contributed by atoms with van der Waals surface area (Å²) in [6.45, 7) is 0. The number of nitrogens with zero attached hydrogens (tertiary/aromatic N) is 2. The van der Waals surface area contributed by atoms with E-state index in [0.29, 0.717) is 11.2 Å². The van der Waals surface area contributed by atoms with Crippen LogP contribution in [0.3, 0.4) is 0 Å². The van der Waals surface area contributed by atoms with Crippen LogP contribution in [0.1, 0.15) is 0 Å². The molecule has 0 radical (unpaired) electrons. The number of anilines is 1. The summed E-state index contributed by atoms with van der Waals surface area (Å²) in [7, 11) is 1.68. The van der Waals surface area contributed by atoms with E-state index < -0.39 is 0 Å². The van der Waals surface area contributed by atoms with Crippen LogP contribution in [-0.2, 0) is 7.05 Å². The van der Waals surface area contributed by atoms with E-state index in [1.165, 1.54) is 10.6 Å². The molecule has 0 aliphatic rings. The minimum atomic E-state index is 0.116. The first-order valence-electron chi connectivity index (χ1n) is 3.09. The maximum atomic E-state index is 9.15. The molecule has 5 nitrogen and oxygen atoms in total. The Morgan fingerprint density at radius 3 is 3.09 bits per heavy atom. The number of nitrogen functional groups attached to an aromatic ring is 1. The number of nitrogens with two attached hydrogens (primary N) is 1. The molecular weight excluding hydrogens is 146 g/mol. The molecule has 0 fully saturated rings. The summed E-state index contributed by atoms with van der Waals surface area (Å²) in [6, 6.07) is 1.59. The lowest BCUT2D eigenvalue weighted by molar-refractivity contribution is 0.434. The Morgan fingerprint density at radius 1 is 1.73 bits per heavy atom. The Morgan fingerprint density at radius 2 is 2.45 bits per heavy atom. The third kappa shape index (κ3) is 0.674. The van der Waals surface area contributed by atoms with Crippen molar-refractivity contribution in [2.24, 2.45) is 7.05 Å². The van der Waals surface area contributed by atoms with Crippen molar-refractivity contribution >= 4 is 17.2 Å². The SMILES string of the molecule is Cn1c(O)cc2oc(N)nc21. The average molecular weight is 153 g/mol. The fourth-order valence-corrected chi connectivity index (χ4v) is 0.997. The third-order valence-corrected chi connectivity index (χ3v) is 1.57. The Hall–Kier alpha value is -1.65. The normalized spacial score (nSPS) is 11.0. The van der Waals surface area contributed by atoms with Gasteiger partial charge in [-0.3, -0.25) is 4.57 Å². The second-order valence-corrected chi connectivity index (χ2v) is 2.30. The van der Waals surface area contributed by atoms with E-state index in [0.717, 1.165) is 0 Å². The number of oxazole rings is 1. The lowest BCUT2D eigenvalue weighted by Crippen LogP contribution is -1.88. The quantitative estimate of drug-likeness (QED) is 0.576. The van der Waals surface area contributed by atoms with Crippen molar-refractivity contribution in [3.63, 3.8) is 0 Å². The maximum absolute atomic E-state index is 9.15. The van der Waals surface area contributed by atoms with E-state index in [1.54, 1.807) is 7.05 Å². The van der Waals surface area contributed by atoms with Crippen molar-refractivity contribution in [2.45, 2.75) is 0 Å². The van der Waals surface area contributed by atoms with Gasteiger partial charge in [-0.15, -0.1) is 0 Å². The fraction of sp³-hybridized carbons (Fsp3) is 0.167. The minimum Gasteiger partial charge on any atom is -0.494 e. The summed E-state index contributed by atoms with van der Waals surface area (Å²) in [4.78, 5) is 3.85. The van der Waals surface area contributed by atoms with Gasteiger partial charge in [0.05, 0.1) is 0 Å². The van der Waals surface area contributed by atoms with Crippen molar-refractivity contribution in [1.82, 2.24) is 9.55 Å². The predicted molar refractivity (Wildman–Crippen MR) is 39.1 cm³/mol. The van der Waals surface area contributed by atoms with E-state index in [9.17, 15) is 0 Å². The van der Waals surface area contributed by atoms with Crippen LogP contribution >= 0.6 is 0 Å². The van der Waals surface area contributed by atoms with E-state index in [2.05, 4.69) is 4.98 Å². The smallest absolute Gasteiger partial charge is 0.294 e. The summed E-state index contributed by atoms with van der Waals surface area (Å²) in [5.74, 6) is 0.117. The van der Waals surface area contributed by atoms with Crippen LogP contribution in [0.25, 0.3) is 11.2 Å². The monoisotopic (exact) mass is 153 g/mol. The van der Waals surface area contributed by atoms with Gasteiger partial charge in [0.2, 0.25) is 0 Å². The molecule has 3 N–H and O–H groups in total. The first-order chi connectivity index (χ1) is 5.18. The Kier molecular flexibility index (Phi) is 0.934. The first kappa shape index (κ1) is 6.09. The molecule has 11 heavy (non-hydrogen) atoms. The Bertz CT molecular complexity index is 401. The number of hydrogen-bond donors (Lipinski definition) is 2. The van der Waals surface area contributed by atoms with Gasteiger partial charge in [-0.25, -0.2) is 0 Å². The second-order valence-electron chi connectivity index (χ2n) is 2.30. The number of aromatic hydroxyl groups is 1. The van der Waals surface area contributed by atoms with Crippen molar-refractivity contribution in [1.29, 1.82) is 0 Å². The number of aromatic nitrogens is 2. The molecule has 2 rings (SSSR count). The van der Waals surface area contributed by atoms with Gasteiger partial charge in [0, 0.05) is 13.1 Å². The van der Waals surface area contributed by atoms with Gasteiger partial charge in [-0.2, -0.15) is 4.98 Å². The molecule has 0 amide bonds. The standard InChI is InChI=1S/C6H7N3O2/c1-9-4(10)2-3-5(9)8-6(7)11-3/h2,10H,1H3,(H2,7,8). The van der Waals surface area contributed by atoms with Crippen molar-refractivity contribution in [3.8, 4) is 5.88 Å². The molecule has 0 unspecified atom stereocenters. The largest absolute Gasteiger partial charge is 0.494 e. The van der Waals surface area contributed by atoms with E-state index in [-0.39, 0.29) is 11.9 Å². The molecule has 0 atom stereocenters. The summed E-state index contributed by atoms with van der Waals surface area (Å²) >= 11 is 0. The van der Waals surface area contributed by atoms with Crippen LogP contribution in [0, 0.1) is 0 Å². The molecular formula is C6H7N3O2. The molecule has 0 aliphatic heterocycles. The molecule has 5 heteroatoms. The lowest BCUT2D eigenvalue weighted by atomic mass is 10.6. The summed E-state index contributed by atoms with van der Waals surface area (Å²) in [6.07, 6.45) is 0. The zero-order valence-corrected chi connectivity index (χ0v) is 5.90. The molecule has 0 bridgehead atoms. The van der Waals surface area contributed by atoms with Gasteiger partial charge in [0.15, 0.2) is 17.1 Å². The zero-order valence-electron chi connectivity index (χ0n) is 5.90. The Labute approximate surface area is 62.0 Å². The molecule has 58 valence electrons. The fourth-order valence-electron chi connectivity index (χ4n) is 0.997. The van der Waals surface area contributed by atoms with Crippen molar-refractivity contribution in [3.05, 3.63) is 6.07 Å². The maximum Gasteiger partial charge on any atom is 0.294 e. The number of aryl methyl sites for hydroxylation is 1. The van der Waals surface area contributed by atoms with E-state index in [1.807, 2.05) is 0 Å². The van der Waals surface area contributed by atoms with Crippen molar-refractivity contribution in [2.75, 3.05) is 5.73 Å². The highest BCUT2D eigenvalue weighted by atomic mass is 16.4. The highest BCUT2D eigenvalue weighted by molar-refractivity contribution is 5.73. The highest BCUT2D eigenvalue weighted by Gasteiger charge is 2.09.